The van der Waals surface area contributed by atoms with Crippen molar-refractivity contribution in [2.24, 2.45) is 5.92 Å². The standard InChI is InChI=1S/C12H14ClN3O3/c13-9-3-4-10(11(6-9)16(18)19)15-12(17)8-2-1-5-14-7-8/h3-4,6,8,14H,1-2,5,7H2,(H,15,17)/t8-/m0/s1. The summed E-state index contributed by atoms with van der Waals surface area (Å²) in [4.78, 5) is 22.4. The summed E-state index contributed by atoms with van der Waals surface area (Å²) in [6.07, 6.45) is 1.72. The van der Waals surface area contributed by atoms with Crippen molar-refractivity contribution >= 4 is 28.9 Å². The van der Waals surface area contributed by atoms with Gasteiger partial charge in [0.25, 0.3) is 5.69 Å². The van der Waals surface area contributed by atoms with Crippen LogP contribution in [0, 0.1) is 16.0 Å². The van der Waals surface area contributed by atoms with Gasteiger partial charge in [-0.3, -0.25) is 14.9 Å². The van der Waals surface area contributed by atoms with Crippen LogP contribution in [0.15, 0.2) is 18.2 Å². The number of nitro benzene ring substituents is 1. The lowest BCUT2D eigenvalue weighted by molar-refractivity contribution is -0.383. The van der Waals surface area contributed by atoms with Gasteiger partial charge >= 0.3 is 0 Å². The normalized spacial score (nSPS) is 18.9. The maximum absolute atomic E-state index is 12.0. The summed E-state index contributed by atoms with van der Waals surface area (Å²) in [5.41, 5.74) is -0.00501. The molecule has 102 valence electrons. The Morgan fingerprint density at radius 3 is 2.95 bits per heavy atom. The van der Waals surface area contributed by atoms with Crippen molar-refractivity contribution in [2.75, 3.05) is 18.4 Å². The topological polar surface area (TPSA) is 84.3 Å². The highest BCUT2D eigenvalue weighted by atomic mass is 35.5. The van der Waals surface area contributed by atoms with Crippen molar-refractivity contribution in [3.63, 3.8) is 0 Å². The molecule has 0 aromatic heterocycles. The first-order chi connectivity index (χ1) is 9.08. The van der Waals surface area contributed by atoms with Gasteiger partial charge in [-0.15, -0.1) is 0 Å². The molecule has 1 heterocycles. The van der Waals surface area contributed by atoms with E-state index in [1.54, 1.807) is 0 Å². The quantitative estimate of drug-likeness (QED) is 0.658. The first-order valence-electron chi connectivity index (χ1n) is 6.03. The van der Waals surface area contributed by atoms with Gasteiger partial charge in [0.1, 0.15) is 5.69 Å². The van der Waals surface area contributed by atoms with Crippen LogP contribution < -0.4 is 10.6 Å². The number of amides is 1. The molecule has 0 bridgehead atoms. The molecule has 0 spiro atoms. The summed E-state index contributed by atoms with van der Waals surface area (Å²) in [6.45, 7) is 1.51. The third-order valence-corrected chi connectivity index (χ3v) is 3.32. The van der Waals surface area contributed by atoms with Gasteiger partial charge in [0.15, 0.2) is 0 Å². The smallest absolute Gasteiger partial charge is 0.294 e. The average Bonchev–Trinajstić information content (AvgIpc) is 2.41. The number of carbonyl (C=O) groups is 1. The zero-order valence-electron chi connectivity index (χ0n) is 10.2. The van der Waals surface area contributed by atoms with E-state index in [0.29, 0.717) is 6.54 Å². The van der Waals surface area contributed by atoms with Crippen LogP contribution in [-0.2, 0) is 4.79 Å². The molecule has 1 fully saturated rings. The Labute approximate surface area is 115 Å². The van der Waals surface area contributed by atoms with Gasteiger partial charge in [0.2, 0.25) is 5.91 Å². The van der Waals surface area contributed by atoms with Crippen molar-refractivity contribution in [1.82, 2.24) is 5.32 Å². The van der Waals surface area contributed by atoms with Crippen molar-refractivity contribution in [2.45, 2.75) is 12.8 Å². The molecule has 1 atom stereocenters. The van der Waals surface area contributed by atoms with Gasteiger partial charge in [-0.2, -0.15) is 0 Å². The first-order valence-corrected chi connectivity index (χ1v) is 6.41. The summed E-state index contributed by atoms with van der Waals surface area (Å²) in [5, 5.41) is 16.9. The second-order valence-electron chi connectivity index (χ2n) is 4.45. The maximum atomic E-state index is 12.0. The van der Waals surface area contributed by atoms with Crippen LogP contribution in [0.1, 0.15) is 12.8 Å². The summed E-state index contributed by atoms with van der Waals surface area (Å²) in [7, 11) is 0. The number of benzene rings is 1. The van der Waals surface area contributed by atoms with Crippen LogP contribution in [0.3, 0.4) is 0 Å². The fraction of sp³-hybridized carbons (Fsp3) is 0.417. The molecule has 1 saturated heterocycles. The first kappa shape index (κ1) is 13.8. The van der Waals surface area contributed by atoms with Gasteiger partial charge in [-0.05, 0) is 31.5 Å². The van der Waals surface area contributed by atoms with E-state index >= 15 is 0 Å². The minimum atomic E-state index is -0.555. The van der Waals surface area contributed by atoms with Gasteiger partial charge in [-0.25, -0.2) is 0 Å². The maximum Gasteiger partial charge on any atom is 0.294 e. The van der Waals surface area contributed by atoms with Crippen molar-refractivity contribution in [3.8, 4) is 0 Å². The van der Waals surface area contributed by atoms with Gasteiger partial charge in [0, 0.05) is 17.6 Å². The molecule has 0 aliphatic carbocycles. The summed E-state index contributed by atoms with van der Waals surface area (Å²) in [5.74, 6) is -0.346. The SMILES string of the molecule is O=C(Nc1ccc(Cl)cc1[N+](=O)[O-])[C@H]1CCCNC1. The molecule has 0 unspecified atom stereocenters. The second-order valence-corrected chi connectivity index (χ2v) is 4.89. The van der Waals surface area contributed by atoms with Crippen LogP contribution in [-0.4, -0.2) is 23.9 Å². The van der Waals surface area contributed by atoms with Crippen molar-refractivity contribution in [3.05, 3.63) is 33.3 Å². The molecule has 2 N–H and O–H groups in total. The van der Waals surface area contributed by atoms with Crippen LogP contribution in [0.4, 0.5) is 11.4 Å². The van der Waals surface area contributed by atoms with E-state index in [9.17, 15) is 14.9 Å². The number of nitro groups is 1. The van der Waals surface area contributed by atoms with Crippen LogP contribution in [0.5, 0.6) is 0 Å². The summed E-state index contributed by atoms with van der Waals surface area (Å²) >= 11 is 5.72. The van der Waals surface area contributed by atoms with Gasteiger partial charge in [0.05, 0.1) is 10.8 Å². The van der Waals surface area contributed by atoms with Crippen molar-refractivity contribution in [1.29, 1.82) is 0 Å². The number of nitrogens with zero attached hydrogens (tertiary/aromatic N) is 1. The van der Waals surface area contributed by atoms with E-state index in [-0.39, 0.29) is 28.2 Å². The molecule has 7 heteroatoms. The number of nitrogens with one attached hydrogen (secondary N) is 2. The zero-order chi connectivity index (χ0) is 13.8. The Hall–Kier alpha value is -1.66. The van der Waals surface area contributed by atoms with Gasteiger partial charge in [-0.1, -0.05) is 11.6 Å². The molecule has 1 amide bonds. The minimum Gasteiger partial charge on any atom is -0.320 e. The zero-order valence-corrected chi connectivity index (χ0v) is 10.9. The van der Waals surface area contributed by atoms with Crippen LogP contribution >= 0.6 is 11.6 Å². The Kier molecular flexibility index (Phi) is 4.34. The summed E-state index contributed by atoms with van der Waals surface area (Å²) in [6, 6.07) is 4.20. The van der Waals surface area contributed by atoms with E-state index < -0.39 is 4.92 Å². The lowest BCUT2D eigenvalue weighted by Crippen LogP contribution is -2.37. The monoisotopic (exact) mass is 283 g/mol. The lowest BCUT2D eigenvalue weighted by Gasteiger charge is -2.21. The third kappa shape index (κ3) is 3.42. The second kappa shape index (κ2) is 5.99. The minimum absolute atomic E-state index is 0.149. The van der Waals surface area contributed by atoms with Crippen LogP contribution in [0.25, 0.3) is 0 Å². The Morgan fingerprint density at radius 1 is 1.53 bits per heavy atom. The van der Waals surface area contributed by atoms with E-state index in [1.807, 2.05) is 0 Å². The fourth-order valence-corrected chi connectivity index (χ4v) is 2.24. The molecule has 0 saturated carbocycles. The highest BCUT2D eigenvalue weighted by molar-refractivity contribution is 6.31. The molecule has 2 rings (SSSR count). The molecule has 1 aromatic rings. The van der Waals surface area contributed by atoms with E-state index in [2.05, 4.69) is 10.6 Å². The van der Waals surface area contributed by atoms with E-state index in [4.69, 9.17) is 11.6 Å². The van der Waals surface area contributed by atoms with Crippen molar-refractivity contribution < 1.29 is 9.72 Å². The molecule has 0 radical (unpaired) electrons. The number of carbonyl (C=O) groups excluding carboxylic acids is 1. The Bertz CT molecular complexity index is 501. The summed E-state index contributed by atoms with van der Waals surface area (Å²) < 4.78 is 0. The average molecular weight is 284 g/mol. The number of piperidine rings is 1. The lowest BCUT2D eigenvalue weighted by atomic mass is 9.99. The highest BCUT2D eigenvalue weighted by Gasteiger charge is 2.23. The van der Waals surface area contributed by atoms with E-state index in [0.717, 1.165) is 19.4 Å². The number of halogens is 1. The van der Waals surface area contributed by atoms with Gasteiger partial charge < -0.3 is 10.6 Å². The fourth-order valence-electron chi connectivity index (χ4n) is 2.07. The molecule has 1 aromatic carbocycles. The predicted octanol–water partition coefficient (Wildman–Crippen LogP) is 2.19. The molecular weight excluding hydrogens is 270 g/mol. The number of hydrogen-bond acceptors (Lipinski definition) is 4. The molecule has 1 aliphatic heterocycles. The number of hydrogen-bond donors (Lipinski definition) is 2. The predicted molar refractivity (Wildman–Crippen MR) is 72.3 cm³/mol. The molecule has 1 aliphatic rings. The molecule has 6 nitrogen and oxygen atoms in total. The molecule has 19 heavy (non-hydrogen) atoms. The molecular formula is C12H14ClN3O3. The van der Waals surface area contributed by atoms with Crippen LogP contribution in [0.2, 0.25) is 5.02 Å². The highest BCUT2D eigenvalue weighted by Crippen LogP contribution is 2.28. The van der Waals surface area contributed by atoms with E-state index in [1.165, 1.54) is 18.2 Å². The number of anilines is 1. The largest absolute Gasteiger partial charge is 0.320 e. The third-order valence-electron chi connectivity index (χ3n) is 3.08. The number of rotatable bonds is 3. The Balaban J connectivity index is 2.13. The Morgan fingerprint density at radius 2 is 2.32 bits per heavy atom.